The lowest BCUT2D eigenvalue weighted by Crippen LogP contribution is -2.20. The van der Waals surface area contributed by atoms with E-state index in [1.807, 2.05) is 49.2 Å². The maximum absolute atomic E-state index is 4.70. The summed E-state index contributed by atoms with van der Waals surface area (Å²) in [6, 6.07) is 12.3. The summed E-state index contributed by atoms with van der Waals surface area (Å²) in [6.45, 7) is 1.90. The molecule has 0 spiro atoms. The van der Waals surface area contributed by atoms with Gasteiger partial charge >= 0.3 is 0 Å². The van der Waals surface area contributed by atoms with Gasteiger partial charge in [-0.15, -0.1) is 0 Å². The highest BCUT2D eigenvalue weighted by atomic mass is 15.1. The van der Waals surface area contributed by atoms with Crippen LogP contribution in [0.1, 0.15) is 31.2 Å². The first-order chi connectivity index (χ1) is 18.8. The molecule has 6 aromatic rings. The Labute approximate surface area is 220 Å². The zero-order valence-corrected chi connectivity index (χ0v) is 21.0. The standard InChI is InChI=1S/C30H28N8/c1-2-6-19(5-1)12-31-13-20-9-21(15-32-14-20)26-11-23-29(18-35-26)37-38-30(23)27-10-22-24(16-33-17-28(22)36-27)25-7-3-4-8-34-25/h3-4,7-11,14-19,31,36H,1-2,5-6,12-13H2,(H,37,38). The molecule has 7 rings (SSSR count). The van der Waals surface area contributed by atoms with Crippen molar-refractivity contribution in [2.75, 3.05) is 6.54 Å². The fraction of sp³-hybridized carbons (Fsp3) is 0.233. The van der Waals surface area contributed by atoms with Crippen LogP contribution >= 0.6 is 0 Å². The molecule has 1 aliphatic rings. The Morgan fingerprint density at radius 1 is 0.842 bits per heavy atom. The molecule has 1 fully saturated rings. The van der Waals surface area contributed by atoms with Crippen LogP contribution in [0.15, 0.2) is 73.6 Å². The zero-order chi connectivity index (χ0) is 25.3. The highest BCUT2D eigenvalue weighted by Gasteiger charge is 2.16. The van der Waals surface area contributed by atoms with E-state index in [1.54, 1.807) is 6.20 Å². The van der Waals surface area contributed by atoms with Gasteiger partial charge in [-0.25, -0.2) is 0 Å². The summed E-state index contributed by atoms with van der Waals surface area (Å²) in [5.74, 6) is 0.815. The van der Waals surface area contributed by atoms with E-state index in [4.69, 9.17) is 4.98 Å². The Bertz CT molecular complexity index is 1710. The first kappa shape index (κ1) is 22.7. The lowest BCUT2D eigenvalue weighted by molar-refractivity contribution is 0.489. The minimum Gasteiger partial charge on any atom is -0.352 e. The van der Waals surface area contributed by atoms with Gasteiger partial charge in [0, 0.05) is 53.2 Å². The third-order valence-electron chi connectivity index (χ3n) is 7.52. The van der Waals surface area contributed by atoms with E-state index in [1.165, 1.54) is 31.2 Å². The number of fused-ring (bicyclic) bond motifs is 2. The van der Waals surface area contributed by atoms with Crippen LogP contribution in [0.25, 0.3) is 55.7 Å². The van der Waals surface area contributed by atoms with E-state index in [2.05, 4.69) is 53.6 Å². The van der Waals surface area contributed by atoms with Crippen LogP contribution in [0.3, 0.4) is 0 Å². The van der Waals surface area contributed by atoms with E-state index in [-0.39, 0.29) is 0 Å². The van der Waals surface area contributed by atoms with Crippen LogP contribution < -0.4 is 5.32 Å². The van der Waals surface area contributed by atoms with Gasteiger partial charge in [0.05, 0.1) is 40.5 Å². The van der Waals surface area contributed by atoms with Crippen molar-refractivity contribution in [3.63, 3.8) is 0 Å². The molecule has 8 heteroatoms. The van der Waals surface area contributed by atoms with Crippen LogP contribution in [0.5, 0.6) is 0 Å². The number of rotatable bonds is 7. The molecular weight excluding hydrogens is 472 g/mol. The summed E-state index contributed by atoms with van der Waals surface area (Å²) < 4.78 is 0. The number of hydrogen-bond acceptors (Lipinski definition) is 6. The molecule has 8 nitrogen and oxygen atoms in total. The van der Waals surface area contributed by atoms with Crippen LogP contribution in [0.2, 0.25) is 0 Å². The van der Waals surface area contributed by atoms with Gasteiger partial charge in [-0.1, -0.05) is 18.9 Å². The van der Waals surface area contributed by atoms with Crippen molar-refractivity contribution in [2.45, 2.75) is 32.2 Å². The largest absolute Gasteiger partial charge is 0.352 e. The number of aromatic amines is 2. The highest BCUT2D eigenvalue weighted by molar-refractivity contribution is 6.00. The van der Waals surface area contributed by atoms with E-state index in [9.17, 15) is 0 Å². The normalized spacial score (nSPS) is 14.1. The van der Waals surface area contributed by atoms with Crippen molar-refractivity contribution in [1.82, 2.24) is 40.4 Å². The maximum atomic E-state index is 4.70. The molecule has 0 aliphatic heterocycles. The van der Waals surface area contributed by atoms with Gasteiger partial charge in [-0.2, -0.15) is 5.10 Å². The van der Waals surface area contributed by atoms with Crippen molar-refractivity contribution in [1.29, 1.82) is 0 Å². The summed E-state index contributed by atoms with van der Waals surface area (Å²) in [4.78, 5) is 21.7. The van der Waals surface area contributed by atoms with Crippen molar-refractivity contribution >= 4 is 21.8 Å². The first-order valence-corrected chi connectivity index (χ1v) is 13.2. The monoisotopic (exact) mass is 500 g/mol. The second kappa shape index (κ2) is 9.79. The average molecular weight is 501 g/mol. The topological polar surface area (TPSA) is 108 Å². The van der Waals surface area contributed by atoms with Crippen molar-refractivity contribution in [3.8, 4) is 33.9 Å². The molecule has 0 bridgehead atoms. The van der Waals surface area contributed by atoms with Gasteiger partial charge in [-0.05, 0) is 61.2 Å². The van der Waals surface area contributed by atoms with Crippen molar-refractivity contribution in [2.24, 2.45) is 5.92 Å². The average Bonchev–Trinajstić information content (AvgIpc) is 3.73. The number of nitrogens with one attached hydrogen (secondary N) is 3. The number of pyridine rings is 4. The fourth-order valence-electron chi connectivity index (χ4n) is 5.54. The number of aromatic nitrogens is 7. The van der Waals surface area contributed by atoms with Crippen LogP contribution in [0.4, 0.5) is 0 Å². The van der Waals surface area contributed by atoms with E-state index in [0.29, 0.717) is 0 Å². The Balaban J connectivity index is 1.20. The Morgan fingerprint density at radius 3 is 2.66 bits per heavy atom. The fourth-order valence-corrected chi connectivity index (χ4v) is 5.54. The molecule has 38 heavy (non-hydrogen) atoms. The molecule has 1 aliphatic carbocycles. The predicted molar refractivity (Wildman–Crippen MR) is 149 cm³/mol. The second-order valence-corrected chi connectivity index (χ2v) is 10.1. The molecule has 6 heterocycles. The maximum Gasteiger partial charge on any atom is 0.116 e. The van der Waals surface area contributed by atoms with E-state index < -0.39 is 0 Å². The Morgan fingerprint density at radius 2 is 1.76 bits per heavy atom. The highest BCUT2D eigenvalue weighted by Crippen LogP contribution is 2.33. The lowest BCUT2D eigenvalue weighted by atomic mass is 10.1. The van der Waals surface area contributed by atoms with E-state index >= 15 is 0 Å². The number of nitrogens with zero attached hydrogens (tertiary/aromatic N) is 5. The predicted octanol–water partition coefficient (Wildman–Crippen LogP) is 5.91. The summed E-state index contributed by atoms with van der Waals surface area (Å²) in [7, 11) is 0. The van der Waals surface area contributed by atoms with Gasteiger partial charge in [-0.3, -0.25) is 25.0 Å². The Hall–Kier alpha value is -4.43. The Kier molecular flexibility index (Phi) is 5.86. The molecular formula is C30H28N8. The number of H-pyrrole nitrogens is 2. The zero-order valence-electron chi connectivity index (χ0n) is 21.0. The van der Waals surface area contributed by atoms with Gasteiger partial charge < -0.3 is 10.3 Å². The molecule has 6 aromatic heterocycles. The third kappa shape index (κ3) is 4.33. The molecule has 3 N–H and O–H groups in total. The lowest BCUT2D eigenvalue weighted by Gasteiger charge is -2.11. The molecule has 0 atom stereocenters. The van der Waals surface area contributed by atoms with Crippen molar-refractivity contribution in [3.05, 3.63) is 79.1 Å². The summed E-state index contributed by atoms with van der Waals surface area (Å²) >= 11 is 0. The molecule has 0 amide bonds. The quantitative estimate of drug-likeness (QED) is 0.252. The summed E-state index contributed by atoms with van der Waals surface area (Å²) in [5, 5.41) is 13.4. The minimum atomic E-state index is 0.815. The van der Waals surface area contributed by atoms with Gasteiger partial charge in [0.1, 0.15) is 5.69 Å². The van der Waals surface area contributed by atoms with Crippen LogP contribution in [-0.2, 0) is 6.54 Å². The second-order valence-electron chi connectivity index (χ2n) is 10.1. The van der Waals surface area contributed by atoms with Gasteiger partial charge in [0.15, 0.2) is 0 Å². The SMILES string of the molecule is c1ccc(-c2cncc3[nH]c(-c4n[nH]c5cnc(-c6cncc(CNCC7CCCC7)c6)cc45)cc23)nc1. The molecule has 188 valence electrons. The molecule has 0 saturated heterocycles. The third-order valence-corrected chi connectivity index (χ3v) is 7.52. The van der Waals surface area contributed by atoms with Crippen LogP contribution in [-0.4, -0.2) is 41.7 Å². The van der Waals surface area contributed by atoms with Crippen molar-refractivity contribution < 1.29 is 0 Å². The summed E-state index contributed by atoms with van der Waals surface area (Å²) in [6.07, 6.45) is 16.6. The van der Waals surface area contributed by atoms with Gasteiger partial charge in [0.2, 0.25) is 0 Å². The number of hydrogen-bond donors (Lipinski definition) is 3. The van der Waals surface area contributed by atoms with Gasteiger partial charge in [0.25, 0.3) is 0 Å². The molecule has 0 unspecified atom stereocenters. The smallest absolute Gasteiger partial charge is 0.116 e. The first-order valence-electron chi connectivity index (χ1n) is 13.2. The molecule has 0 aromatic carbocycles. The molecule has 1 saturated carbocycles. The minimum absolute atomic E-state index is 0.815. The molecule has 0 radical (unpaired) electrons. The summed E-state index contributed by atoms with van der Waals surface area (Å²) in [5.41, 5.74) is 8.49. The van der Waals surface area contributed by atoms with E-state index in [0.717, 1.165) is 74.7 Å². The van der Waals surface area contributed by atoms with Crippen LogP contribution in [0, 0.1) is 5.92 Å².